The van der Waals surface area contributed by atoms with E-state index in [4.69, 9.17) is 0 Å². The smallest absolute Gasteiger partial charge is 0.345 e. The molecule has 0 bridgehead atoms. The van der Waals surface area contributed by atoms with Crippen molar-refractivity contribution in [3.63, 3.8) is 0 Å². The number of non-ortho nitro benzene ring substituents is 1. The van der Waals surface area contributed by atoms with E-state index in [0.29, 0.717) is 23.5 Å². The number of nitro benzene ring substituents is 1. The van der Waals surface area contributed by atoms with E-state index in [2.05, 4.69) is 4.98 Å². The molecule has 0 aliphatic carbocycles. The lowest BCUT2D eigenvalue weighted by Gasteiger charge is -2.36. The summed E-state index contributed by atoms with van der Waals surface area (Å²) in [7, 11) is 0. The summed E-state index contributed by atoms with van der Waals surface area (Å²) >= 11 is 0.698. The number of nitrogens with zero attached hydrogens (tertiary/aromatic N) is 4. The molecule has 0 amide bonds. The highest BCUT2D eigenvalue weighted by Gasteiger charge is 2.36. The van der Waals surface area contributed by atoms with E-state index in [1.54, 1.807) is 4.90 Å². The minimum atomic E-state index is -4.89. The number of aromatic nitrogens is 1. The SMILES string of the molecule is O=c1nc(N2CCN(CC(F)(F)c3ccc(F)cc3)CC2)sc2c([N+](=O)[O-])cc(C(F)(F)F)cc12. The first-order valence-corrected chi connectivity index (χ1v) is 11.0. The van der Waals surface area contributed by atoms with E-state index in [1.807, 2.05) is 0 Å². The molecule has 186 valence electrons. The van der Waals surface area contributed by atoms with Crippen molar-refractivity contribution >= 4 is 32.2 Å². The number of piperazine rings is 1. The molecule has 1 aliphatic heterocycles. The lowest BCUT2D eigenvalue weighted by molar-refractivity contribution is -0.383. The van der Waals surface area contributed by atoms with Gasteiger partial charge in [-0.2, -0.15) is 26.9 Å². The Labute approximate surface area is 197 Å². The molecule has 1 fully saturated rings. The van der Waals surface area contributed by atoms with E-state index in [1.165, 1.54) is 4.90 Å². The van der Waals surface area contributed by atoms with Gasteiger partial charge in [0, 0.05) is 37.8 Å². The van der Waals surface area contributed by atoms with Crippen LogP contribution < -0.4 is 10.5 Å². The Morgan fingerprint density at radius 3 is 2.20 bits per heavy atom. The van der Waals surface area contributed by atoms with Gasteiger partial charge in [0.15, 0.2) is 5.13 Å². The quantitative estimate of drug-likeness (QED) is 0.278. The number of rotatable bonds is 5. The Morgan fingerprint density at radius 1 is 1.00 bits per heavy atom. The van der Waals surface area contributed by atoms with Crippen molar-refractivity contribution in [1.82, 2.24) is 9.88 Å². The van der Waals surface area contributed by atoms with Gasteiger partial charge in [-0.1, -0.05) is 23.5 Å². The van der Waals surface area contributed by atoms with Gasteiger partial charge in [0.2, 0.25) is 0 Å². The summed E-state index contributed by atoms with van der Waals surface area (Å²) in [6.07, 6.45) is -4.89. The predicted molar refractivity (Wildman–Crippen MR) is 116 cm³/mol. The summed E-state index contributed by atoms with van der Waals surface area (Å²) in [5.41, 5.74) is -3.57. The van der Waals surface area contributed by atoms with E-state index < -0.39 is 51.6 Å². The third kappa shape index (κ3) is 5.22. The maximum Gasteiger partial charge on any atom is 0.416 e. The fraction of sp³-hybridized carbons (Fsp3) is 0.333. The summed E-state index contributed by atoms with van der Waals surface area (Å²) in [5.74, 6) is -3.87. The van der Waals surface area contributed by atoms with Gasteiger partial charge in [-0.15, -0.1) is 0 Å². The number of benzene rings is 2. The second kappa shape index (κ2) is 9.07. The first-order chi connectivity index (χ1) is 16.3. The average Bonchev–Trinajstić information content (AvgIpc) is 2.78. The van der Waals surface area contributed by atoms with Gasteiger partial charge in [-0.05, 0) is 18.2 Å². The number of nitro groups is 1. The van der Waals surface area contributed by atoms with Gasteiger partial charge >= 0.3 is 6.18 Å². The first kappa shape index (κ1) is 24.9. The zero-order valence-electron chi connectivity index (χ0n) is 17.7. The van der Waals surface area contributed by atoms with E-state index in [0.717, 1.165) is 24.3 Å². The fourth-order valence-electron chi connectivity index (χ4n) is 3.74. The average molecular weight is 518 g/mol. The molecule has 1 saturated heterocycles. The molecule has 0 unspecified atom stereocenters. The zero-order chi connectivity index (χ0) is 25.5. The summed E-state index contributed by atoms with van der Waals surface area (Å²) < 4.78 is 81.3. The maximum absolute atomic E-state index is 14.6. The van der Waals surface area contributed by atoms with Crippen LogP contribution in [0, 0.1) is 15.9 Å². The highest BCUT2D eigenvalue weighted by atomic mass is 32.1. The Kier molecular flexibility index (Phi) is 6.44. The molecule has 14 heteroatoms. The van der Waals surface area contributed by atoms with Crippen LogP contribution in [0.2, 0.25) is 0 Å². The Bertz CT molecular complexity index is 1320. The summed E-state index contributed by atoms with van der Waals surface area (Å²) in [6.45, 7) is -0.0245. The normalized spacial score (nSPS) is 15.5. The molecule has 0 radical (unpaired) electrons. The Morgan fingerprint density at radius 2 is 1.63 bits per heavy atom. The van der Waals surface area contributed by atoms with Gasteiger partial charge in [-0.3, -0.25) is 19.8 Å². The summed E-state index contributed by atoms with van der Waals surface area (Å²) in [4.78, 5) is 29.7. The van der Waals surface area contributed by atoms with Gasteiger partial charge < -0.3 is 4.90 Å². The molecular weight excluding hydrogens is 502 g/mol. The second-order valence-corrected chi connectivity index (χ2v) is 8.88. The van der Waals surface area contributed by atoms with Crippen LogP contribution in [0.3, 0.4) is 0 Å². The number of fused-ring (bicyclic) bond motifs is 1. The molecule has 0 N–H and O–H groups in total. The van der Waals surface area contributed by atoms with Crippen LogP contribution in [0.1, 0.15) is 11.1 Å². The van der Waals surface area contributed by atoms with Crippen molar-refractivity contribution < 1.29 is 31.3 Å². The van der Waals surface area contributed by atoms with Gasteiger partial charge in [0.05, 0.1) is 22.4 Å². The molecule has 4 rings (SSSR count). The highest BCUT2D eigenvalue weighted by Crippen LogP contribution is 2.38. The monoisotopic (exact) mass is 518 g/mol. The van der Waals surface area contributed by atoms with E-state index in [-0.39, 0.29) is 41.6 Å². The number of hydrogen-bond acceptors (Lipinski definition) is 7. The summed E-state index contributed by atoms with van der Waals surface area (Å²) in [6, 6.07) is 4.83. The molecule has 0 saturated carbocycles. The maximum atomic E-state index is 14.6. The van der Waals surface area contributed by atoms with Crippen LogP contribution in [-0.2, 0) is 12.1 Å². The predicted octanol–water partition coefficient (Wildman–Crippen LogP) is 4.64. The van der Waals surface area contributed by atoms with Crippen LogP contribution in [0.4, 0.5) is 37.2 Å². The molecular formula is C21H16F6N4O3S. The van der Waals surface area contributed by atoms with Crippen LogP contribution in [0.25, 0.3) is 10.1 Å². The molecule has 0 atom stereocenters. The van der Waals surface area contributed by atoms with Crippen molar-refractivity contribution in [2.75, 3.05) is 37.6 Å². The topological polar surface area (TPSA) is 79.6 Å². The molecule has 1 aliphatic rings. The number of alkyl halides is 5. The van der Waals surface area contributed by atoms with Gasteiger partial charge in [0.25, 0.3) is 17.2 Å². The molecule has 3 aromatic rings. The van der Waals surface area contributed by atoms with Crippen molar-refractivity contribution in [2.45, 2.75) is 12.1 Å². The minimum Gasteiger partial charge on any atom is -0.345 e. The van der Waals surface area contributed by atoms with E-state index >= 15 is 0 Å². The van der Waals surface area contributed by atoms with Crippen molar-refractivity contribution in [1.29, 1.82) is 0 Å². The summed E-state index contributed by atoms with van der Waals surface area (Å²) in [5, 5.41) is 11.0. The lowest BCUT2D eigenvalue weighted by atomic mass is 10.1. The standard InChI is InChI=1S/C21H16F6N4O3S/c22-14-3-1-12(2-4-14)20(23,24)11-29-5-7-30(8-6-29)19-28-18(32)15-9-13(21(25,26)27)10-16(31(33)34)17(15)35-19/h1-4,9-10H,5-8,11H2. The fourth-order valence-corrected chi connectivity index (χ4v) is 4.86. The minimum absolute atomic E-state index is 0.0512. The highest BCUT2D eigenvalue weighted by molar-refractivity contribution is 7.22. The lowest BCUT2D eigenvalue weighted by Crippen LogP contribution is -2.49. The Balaban J connectivity index is 1.55. The van der Waals surface area contributed by atoms with Crippen LogP contribution in [-0.4, -0.2) is 47.5 Å². The van der Waals surface area contributed by atoms with Crippen molar-refractivity contribution in [3.05, 3.63) is 73.8 Å². The number of halogens is 6. The van der Waals surface area contributed by atoms with Gasteiger partial charge in [0.1, 0.15) is 10.5 Å². The number of hydrogen-bond donors (Lipinski definition) is 0. The number of anilines is 1. The van der Waals surface area contributed by atoms with Crippen LogP contribution >= 0.6 is 11.3 Å². The second-order valence-electron chi connectivity index (χ2n) is 7.90. The first-order valence-electron chi connectivity index (χ1n) is 10.2. The zero-order valence-corrected chi connectivity index (χ0v) is 18.5. The third-order valence-electron chi connectivity index (χ3n) is 5.55. The van der Waals surface area contributed by atoms with Gasteiger partial charge in [-0.25, -0.2) is 4.39 Å². The van der Waals surface area contributed by atoms with Crippen molar-refractivity contribution in [2.24, 2.45) is 0 Å². The molecule has 7 nitrogen and oxygen atoms in total. The third-order valence-corrected chi connectivity index (χ3v) is 6.71. The molecule has 1 aromatic heterocycles. The largest absolute Gasteiger partial charge is 0.416 e. The van der Waals surface area contributed by atoms with Crippen molar-refractivity contribution in [3.8, 4) is 0 Å². The molecule has 2 heterocycles. The molecule has 2 aromatic carbocycles. The van der Waals surface area contributed by atoms with E-state index in [9.17, 15) is 41.3 Å². The molecule has 0 spiro atoms. The Hall–Kier alpha value is -3.26. The van der Waals surface area contributed by atoms with Crippen LogP contribution in [0.15, 0.2) is 41.2 Å². The van der Waals surface area contributed by atoms with Crippen LogP contribution in [0.5, 0.6) is 0 Å². The molecule has 35 heavy (non-hydrogen) atoms.